The molecule has 0 radical (unpaired) electrons. The Bertz CT molecular complexity index is 1170. The Labute approximate surface area is 186 Å². The van der Waals surface area contributed by atoms with Crippen LogP contribution >= 0.6 is 0 Å². The smallest absolute Gasteiger partial charge is 0.380 e. The van der Waals surface area contributed by atoms with Crippen LogP contribution < -0.4 is 9.80 Å². The van der Waals surface area contributed by atoms with E-state index in [1.165, 1.54) is 12.3 Å². The maximum absolute atomic E-state index is 14.4. The topological polar surface area (TPSA) is 56.9 Å². The number of hydrogen-bond acceptors (Lipinski definition) is 5. The summed E-state index contributed by atoms with van der Waals surface area (Å²) in [6.45, 7) is 0.596. The second-order valence-corrected chi connectivity index (χ2v) is 8.61. The summed E-state index contributed by atoms with van der Waals surface area (Å²) in [6, 6.07) is 6.51. The zero-order chi connectivity index (χ0) is 23.4. The third kappa shape index (κ3) is 3.77. The van der Waals surface area contributed by atoms with Crippen LogP contribution in [-0.4, -0.2) is 51.1 Å². The Balaban J connectivity index is 1.44. The Morgan fingerprint density at radius 2 is 1.79 bits per heavy atom. The summed E-state index contributed by atoms with van der Waals surface area (Å²) in [5.74, 6) is 0.0612. The average molecular weight is 467 g/mol. The Kier molecular flexibility index (Phi) is 5.19. The van der Waals surface area contributed by atoms with Crippen molar-refractivity contribution >= 4 is 17.3 Å². The highest BCUT2D eigenvalue weighted by atomic mass is 19.4. The molecule has 0 aliphatic carbocycles. The fourth-order valence-corrected chi connectivity index (χ4v) is 4.74. The Morgan fingerprint density at radius 3 is 2.52 bits per heavy atom. The third-order valence-corrected chi connectivity index (χ3v) is 6.64. The predicted octanol–water partition coefficient (Wildman–Crippen LogP) is 4.24. The van der Waals surface area contributed by atoms with Gasteiger partial charge >= 0.3 is 6.18 Å². The lowest BCUT2D eigenvalue weighted by atomic mass is 9.91. The average Bonchev–Trinajstić information content (AvgIpc) is 3.42. The molecule has 4 heterocycles. The number of fused-ring (bicyclic) bond motifs is 1. The van der Waals surface area contributed by atoms with E-state index in [1.54, 1.807) is 21.5 Å². The van der Waals surface area contributed by atoms with E-state index in [0.29, 0.717) is 30.2 Å². The van der Waals surface area contributed by atoms with Crippen molar-refractivity contribution in [3.05, 3.63) is 53.7 Å². The zero-order valence-electron chi connectivity index (χ0n) is 17.6. The summed E-state index contributed by atoms with van der Waals surface area (Å²) >= 11 is 0. The fraction of sp³-hybridized carbons (Fsp3) is 0.455. The molecule has 0 spiro atoms. The summed E-state index contributed by atoms with van der Waals surface area (Å²) in [4.78, 5) is 7.91. The number of nitrogens with zero attached hydrogens (tertiary/aromatic N) is 5. The van der Waals surface area contributed by atoms with Gasteiger partial charge in [0.1, 0.15) is 17.5 Å². The van der Waals surface area contributed by atoms with Crippen molar-refractivity contribution in [2.45, 2.75) is 43.5 Å². The lowest BCUT2D eigenvalue weighted by Gasteiger charge is -2.39. The molecule has 1 N–H and O–H groups in total. The van der Waals surface area contributed by atoms with E-state index in [-0.39, 0.29) is 24.7 Å². The van der Waals surface area contributed by atoms with E-state index >= 15 is 0 Å². The molecule has 3 aromatic rings. The van der Waals surface area contributed by atoms with Gasteiger partial charge in [0.05, 0.1) is 12.2 Å². The van der Waals surface area contributed by atoms with Gasteiger partial charge in [-0.25, -0.2) is 13.8 Å². The molecule has 1 aromatic carbocycles. The quantitative estimate of drug-likeness (QED) is 0.584. The van der Waals surface area contributed by atoms with Crippen molar-refractivity contribution in [1.82, 2.24) is 14.6 Å². The molecule has 2 aliphatic rings. The molecule has 33 heavy (non-hydrogen) atoms. The number of imidazole rings is 1. The molecule has 176 valence electrons. The minimum Gasteiger partial charge on any atom is -0.380 e. The van der Waals surface area contributed by atoms with Crippen molar-refractivity contribution < 1.29 is 27.1 Å². The number of hydrogen-bond donors (Lipinski definition) is 1. The van der Waals surface area contributed by atoms with Gasteiger partial charge < -0.3 is 14.9 Å². The van der Waals surface area contributed by atoms with Gasteiger partial charge in [-0.15, -0.1) is 5.10 Å². The van der Waals surface area contributed by atoms with Crippen molar-refractivity contribution in [2.75, 3.05) is 29.4 Å². The van der Waals surface area contributed by atoms with E-state index in [1.807, 2.05) is 4.90 Å². The van der Waals surface area contributed by atoms with Gasteiger partial charge in [0.25, 0.3) is 0 Å². The molecule has 2 saturated heterocycles. The lowest BCUT2D eigenvalue weighted by Crippen LogP contribution is -2.53. The van der Waals surface area contributed by atoms with Crippen LogP contribution in [0.2, 0.25) is 0 Å². The molecule has 1 atom stereocenters. The molecule has 5 rings (SSSR count). The van der Waals surface area contributed by atoms with Crippen LogP contribution in [0.4, 0.5) is 33.6 Å². The maximum atomic E-state index is 14.4. The first-order valence-corrected chi connectivity index (χ1v) is 10.8. The van der Waals surface area contributed by atoms with Crippen LogP contribution in [0, 0.1) is 11.6 Å². The summed E-state index contributed by atoms with van der Waals surface area (Å²) < 4.78 is 69.2. The monoisotopic (exact) mass is 467 g/mol. The van der Waals surface area contributed by atoms with Crippen LogP contribution in [0.25, 0.3) is 5.65 Å². The summed E-state index contributed by atoms with van der Waals surface area (Å²) in [7, 11) is 0. The van der Waals surface area contributed by atoms with Gasteiger partial charge in [0, 0.05) is 38.0 Å². The normalized spacial score (nSPS) is 21.2. The van der Waals surface area contributed by atoms with E-state index in [9.17, 15) is 27.1 Å². The molecule has 0 bridgehead atoms. The van der Waals surface area contributed by atoms with Crippen LogP contribution in [0.1, 0.15) is 37.3 Å². The zero-order valence-corrected chi connectivity index (χ0v) is 17.6. The van der Waals surface area contributed by atoms with Gasteiger partial charge in [-0.3, -0.25) is 0 Å². The van der Waals surface area contributed by atoms with E-state index < -0.39 is 36.3 Å². The van der Waals surface area contributed by atoms with Gasteiger partial charge in [0.15, 0.2) is 17.1 Å². The summed E-state index contributed by atoms with van der Waals surface area (Å²) in [6.07, 6.45) is -2.62. The van der Waals surface area contributed by atoms with Crippen LogP contribution in [0.15, 0.2) is 36.5 Å². The number of anilines is 2. The van der Waals surface area contributed by atoms with Crippen LogP contribution in [0.5, 0.6) is 0 Å². The van der Waals surface area contributed by atoms with Crippen molar-refractivity contribution in [3.63, 3.8) is 0 Å². The van der Waals surface area contributed by atoms with Crippen LogP contribution in [-0.2, 0) is 0 Å². The molecule has 6 nitrogen and oxygen atoms in total. The largest absolute Gasteiger partial charge is 0.417 e. The number of rotatable bonds is 3. The molecular formula is C22H22F5N5O. The molecule has 2 aromatic heterocycles. The van der Waals surface area contributed by atoms with E-state index in [4.69, 9.17) is 0 Å². The van der Waals surface area contributed by atoms with Crippen molar-refractivity contribution in [3.8, 4) is 0 Å². The highest BCUT2D eigenvalue weighted by Crippen LogP contribution is 2.40. The first kappa shape index (κ1) is 21.9. The second-order valence-electron chi connectivity index (χ2n) is 8.61. The van der Waals surface area contributed by atoms with Crippen molar-refractivity contribution in [1.29, 1.82) is 0 Å². The fourth-order valence-electron chi connectivity index (χ4n) is 4.74. The number of halogens is 5. The minimum atomic E-state index is -4.68. The first-order chi connectivity index (χ1) is 15.7. The predicted molar refractivity (Wildman–Crippen MR) is 111 cm³/mol. The van der Waals surface area contributed by atoms with E-state index in [2.05, 4.69) is 10.1 Å². The lowest BCUT2D eigenvalue weighted by molar-refractivity contribution is -0.266. The van der Waals surface area contributed by atoms with Crippen molar-refractivity contribution in [2.24, 2.45) is 0 Å². The van der Waals surface area contributed by atoms with Gasteiger partial charge in [-0.1, -0.05) is 0 Å². The maximum Gasteiger partial charge on any atom is 0.417 e. The Morgan fingerprint density at radius 1 is 1.03 bits per heavy atom. The van der Waals surface area contributed by atoms with Gasteiger partial charge in [-0.05, 0) is 43.2 Å². The number of aromatic nitrogens is 3. The van der Waals surface area contributed by atoms with Crippen LogP contribution in [0.3, 0.4) is 0 Å². The molecule has 0 unspecified atom stereocenters. The standard InChI is InChI=1S/C22H22F5N5O/c23-14-3-4-16(24)15(12-14)17-2-1-9-31(17)19-6-5-18-28-13-20(32(18)29-19)30-10-7-21(33,8-11-30)22(25,26)27/h3-6,12-13,17,33H,1-2,7-11H2/t17-/m1/s1. The molecule has 2 fully saturated rings. The second kappa shape index (κ2) is 7.82. The summed E-state index contributed by atoms with van der Waals surface area (Å²) in [5.41, 5.74) is -1.92. The highest BCUT2D eigenvalue weighted by molar-refractivity contribution is 5.55. The summed E-state index contributed by atoms with van der Waals surface area (Å²) in [5, 5.41) is 14.6. The van der Waals surface area contributed by atoms with E-state index in [0.717, 1.165) is 18.6 Å². The molecule has 11 heteroatoms. The molecule has 0 amide bonds. The Hall–Kier alpha value is -2.95. The third-order valence-electron chi connectivity index (χ3n) is 6.64. The molecular weight excluding hydrogens is 445 g/mol. The minimum absolute atomic E-state index is 0.00342. The molecule has 0 saturated carbocycles. The number of piperidine rings is 1. The number of aliphatic hydroxyl groups is 1. The number of benzene rings is 1. The van der Waals surface area contributed by atoms with Gasteiger partial charge in [-0.2, -0.15) is 17.7 Å². The SMILES string of the molecule is OC1(C(F)(F)F)CCN(c2cnc3ccc(N4CCC[C@@H]4c4cc(F)ccc4F)nn23)CC1. The molecule has 2 aliphatic heterocycles. The van der Waals surface area contributed by atoms with Gasteiger partial charge in [0.2, 0.25) is 0 Å². The highest BCUT2D eigenvalue weighted by Gasteiger charge is 2.54. The number of alkyl halides is 3. The first-order valence-electron chi connectivity index (χ1n) is 10.8.